The van der Waals surface area contributed by atoms with Gasteiger partial charge in [-0.3, -0.25) is 4.79 Å². The van der Waals surface area contributed by atoms with E-state index in [1.165, 1.54) is 16.9 Å². The summed E-state index contributed by atoms with van der Waals surface area (Å²) in [6.07, 6.45) is 0.922. The Morgan fingerprint density at radius 3 is 1.06 bits per heavy atom. The molecule has 70 heavy (non-hydrogen) atoms. The monoisotopic (exact) mass is 1000 g/mol. The first-order valence-corrected chi connectivity index (χ1v) is 24.8. The maximum Gasteiger partial charge on any atom is 0.516 e. The summed E-state index contributed by atoms with van der Waals surface area (Å²) in [5.41, 5.74) is -0.495. The third-order valence-electron chi connectivity index (χ3n) is 11.0. The SMILES string of the molecule is O=C(NS(=O)(=O)C(F)(F)F)c1cc2c3c(c1)Cc1cc4cc(c1)OCCOCCOCCOCCOCCOc1cc(cc(c1)C2)Cc1cccc(c1OCCOCCOCCOCCOCCO3)C4. The molecule has 7 rings (SSSR count). The number of carbonyl (C=O) groups is 1. The van der Waals surface area contributed by atoms with E-state index < -0.39 is 21.4 Å². The average Bonchev–Trinajstić information content (AvgIpc) is 3.31. The zero-order chi connectivity index (χ0) is 49.0. The van der Waals surface area contributed by atoms with Crippen molar-refractivity contribution in [1.29, 1.82) is 0 Å². The van der Waals surface area contributed by atoms with Crippen LogP contribution in [0.1, 0.15) is 54.9 Å². The molecule has 2 aliphatic heterocycles. The van der Waals surface area contributed by atoms with Gasteiger partial charge >= 0.3 is 15.5 Å². The Balaban J connectivity index is 1.38. The number of hydrogen-bond acceptors (Lipinski definition) is 15. The number of amides is 1. The number of carbonyl (C=O) groups excluding carboxylic acids is 1. The lowest BCUT2D eigenvalue weighted by atomic mass is 9.91. The average molecular weight is 1000 g/mol. The highest BCUT2D eigenvalue weighted by Crippen LogP contribution is 2.36. The molecule has 3 aliphatic rings. The van der Waals surface area contributed by atoms with Crippen LogP contribution in [0.2, 0.25) is 0 Å². The van der Waals surface area contributed by atoms with Crippen LogP contribution in [0.3, 0.4) is 0 Å². The molecule has 1 amide bonds. The molecule has 4 aromatic carbocycles. The predicted molar refractivity (Wildman–Crippen MR) is 248 cm³/mol. The summed E-state index contributed by atoms with van der Waals surface area (Å²) in [6.45, 7) is 5.81. The Morgan fingerprint density at radius 2 is 0.714 bits per heavy atom. The normalized spacial score (nSPS) is 18.4. The minimum Gasteiger partial charge on any atom is -0.491 e. The third-order valence-corrected chi connectivity index (χ3v) is 12.1. The summed E-state index contributed by atoms with van der Waals surface area (Å²) in [4.78, 5) is 13.7. The molecule has 0 fully saturated rings. The standard InChI is InChI=1S/C50H60F3NO15S/c51-50(52,53)70(56,57)54-49(55)44-34-42-28-38-24-36-26-40-2-1-3-41-27-37-25-39(29-43(35-44)48(42)69-23-19-65-15-11-61-7-6-60-10-14-64-18-22-68-47(40)41)33-46(31-37)67-21-17-63-13-9-59-5-4-58-8-12-62-16-20-66-45(30-36)32-38/h1-3,24-25,30-35H,4-23,26-29H2,(H,54,55). The Labute approximate surface area is 405 Å². The third kappa shape index (κ3) is 16.5. The molecule has 20 heteroatoms. The molecule has 0 saturated heterocycles. The van der Waals surface area contributed by atoms with Gasteiger partial charge in [0.1, 0.15) is 49.4 Å². The molecule has 1 aliphatic carbocycles. The number of rotatable bonds is 2. The van der Waals surface area contributed by atoms with Crippen LogP contribution in [-0.2, 0) is 73.6 Å². The predicted octanol–water partition coefficient (Wildman–Crippen LogP) is 5.62. The van der Waals surface area contributed by atoms with Gasteiger partial charge in [0.05, 0.1) is 106 Å². The van der Waals surface area contributed by atoms with Crippen LogP contribution in [-0.4, -0.2) is 152 Å². The Hall–Kier alpha value is -5.03. The largest absolute Gasteiger partial charge is 0.516 e. The molecule has 16 nitrogen and oxygen atoms in total. The van der Waals surface area contributed by atoms with Crippen molar-refractivity contribution in [2.24, 2.45) is 0 Å². The second-order valence-electron chi connectivity index (χ2n) is 16.4. The van der Waals surface area contributed by atoms with E-state index in [0.717, 1.165) is 22.3 Å². The Morgan fingerprint density at radius 1 is 0.414 bits per heavy atom. The lowest BCUT2D eigenvalue weighted by molar-refractivity contribution is -0.0446. The molecular weight excluding hydrogens is 944 g/mol. The van der Waals surface area contributed by atoms with Gasteiger partial charge in [0.25, 0.3) is 5.91 Å². The second-order valence-corrected chi connectivity index (χ2v) is 18.1. The molecule has 0 spiro atoms. The summed E-state index contributed by atoms with van der Waals surface area (Å²) < 4.78 is 138. The molecule has 2 heterocycles. The topological polar surface area (TPSA) is 174 Å². The van der Waals surface area contributed by atoms with Crippen LogP contribution >= 0.6 is 0 Å². The summed E-state index contributed by atoms with van der Waals surface area (Å²) in [7, 11) is -6.07. The van der Waals surface area contributed by atoms with Gasteiger partial charge in [0.2, 0.25) is 0 Å². The van der Waals surface area contributed by atoms with Crippen LogP contribution in [0.5, 0.6) is 23.0 Å². The van der Waals surface area contributed by atoms with Crippen molar-refractivity contribution in [1.82, 2.24) is 4.72 Å². The molecule has 0 aromatic heterocycles. The number of benzene rings is 4. The number of halogens is 3. The van der Waals surface area contributed by atoms with Crippen molar-refractivity contribution in [3.05, 3.63) is 117 Å². The van der Waals surface area contributed by atoms with Crippen molar-refractivity contribution in [3.63, 3.8) is 0 Å². The zero-order valence-corrected chi connectivity index (χ0v) is 39.8. The van der Waals surface area contributed by atoms with Gasteiger partial charge in [-0.15, -0.1) is 0 Å². The molecule has 382 valence electrons. The number of alkyl halides is 3. The molecule has 0 unspecified atom stereocenters. The molecular formula is C50H60F3NO15S. The van der Waals surface area contributed by atoms with Gasteiger partial charge in [-0.1, -0.05) is 30.3 Å². The van der Waals surface area contributed by atoms with E-state index in [1.54, 1.807) is 0 Å². The highest BCUT2D eigenvalue weighted by Gasteiger charge is 2.47. The van der Waals surface area contributed by atoms with Crippen LogP contribution in [0.4, 0.5) is 13.2 Å². The van der Waals surface area contributed by atoms with Crippen molar-refractivity contribution >= 4 is 15.9 Å². The smallest absolute Gasteiger partial charge is 0.491 e. The number of para-hydroxylation sites is 1. The van der Waals surface area contributed by atoms with Crippen molar-refractivity contribution < 1.29 is 83.2 Å². The van der Waals surface area contributed by atoms with E-state index in [4.69, 9.17) is 56.8 Å². The number of hydrogen-bond donors (Lipinski definition) is 1. The summed E-state index contributed by atoms with van der Waals surface area (Å²) in [6, 6.07) is 20.1. The van der Waals surface area contributed by atoms with Crippen LogP contribution < -0.4 is 23.7 Å². The van der Waals surface area contributed by atoms with Crippen LogP contribution in [0.15, 0.2) is 66.7 Å². The molecule has 12 bridgehead atoms. The maximum absolute atomic E-state index is 13.7. The molecule has 4 aromatic rings. The number of nitrogens with one attached hydrogen (secondary N) is 1. The fourth-order valence-electron chi connectivity index (χ4n) is 7.95. The van der Waals surface area contributed by atoms with E-state index in [1.807, 2.05) is 54.6 Å². The molecule has 0 radical (unpaired) electrons. The van der Waals surface area contributed by atoms with E-state index in [0.29, 0.717) is 137 Å². The van der Waals surface area contributed by atoms with Gasteiger partial charge in [-0.2, -0.15) is 21.6 Å². The Kier molecular flexibility index (Phi) is 20.3. The summed E-state index contributed by atoms with van der Waals surface area (Å²) in [5.74, 6) is 0.559. The highest BCUT2D eigenvalue weighted by atomic mass is 32.2. The minimum atomic E-state index is -6.07. The maximum atomic E-state index is 13.7. The van der Waals surface area contributed by atoms with Gasteiger partial charge < -0.3 is 56.8 Å². The summed E-state index contributed by atoms with van der Waals surface area (Å²) in [5, 5.41) is 0. The lowest BCUT2D eigenvalue weighted by Crippen LogP contribution is -2.40. The summed E-state index contributed by atoms with van der Waals surface area (Å²) >= 11 is 0. The number of ether oxygens (including phenoxy) is 12. The van der Waals surface area contributed by atoms with E-state index in [-0.39, 0.29) is 71.3 Å². The minimum absolute atomic E-state index is 0.0351. The van der Waals surface area contributed by atoms with Crippen molar-refractivity contribution in [2.45, 2.75) is 31.2 Å². The zero-order valence-electron chi connectivity index (χ0n) is 39.0. The number of fused-ring (bicyclic) bond motifs is 3. The first-order chi connectivity index (χ1) is 34.0. The lowest BCUT2D eigenvalue weighted by Gasteiger charge is -2.21. The van der Waals surface area contributed by atoms with Crippen molar-refractivity contribution in [3.8, 4) is 23.0 Å². The van der Waals surface area contributed by atoms with Crippen molar-refractivity contribution in [2.75, 3.05) is 132 Å². The Bertz CT molecular complexity index is 2310. The van der Waals surface area contributed by atoms with Gasteiger partial charge in [0.15, 0.2) is 0 Å². The fraction of sp³-hybridized carbons (Fsp3) is 0.500. The molecule has 0 saturated carbocycles. The number of sulfonamides is 1. The van der Waals surface area contributed by atoms with E-state index in [2.05, 4.69) is 0 Å². The second kappa shape index (κ2) is 27.0. The van der Waals surface area contributed by atoms with Gasteiger partial charge in [-0.25, -0.2) is 4.72 Å². The van der Waals surface area contributed by atoms with Crippen LogP contribution in [0.25, 0.3) is 0 Å². The first-order valence-electron chi connectivity index (χ1n) is 23.3. The molecule has 0 atom stereocenters. The van der Waals surface area contributed by atoms with Gasteiger partial charge in [-0.05, 0) is 80.9 Å². The van der Waals surface area contributed by atoms with Gasteiger partial charge in [0, 0.05) is 31.2 Å². The molecule has 1 N–H and O–H groups in total. The highest BCUT2D eigenvalue weighted by molar-refractivity contribution is 7.90. The van der Waals surface area contributed by atoms with E-state index in [9.17, 15) is 26.4 Å². The van der Waals surface area contributed by atoms with Crippen LogP contribution in [0, 0.1) is 0 Å². The first kappa shape index (κ1) is 52.8. The van der Waals surface area contributed by atoms with E-state index >= 15 is 0 Å². The quantitative estimate of drug-likeness (QED) is 0.231. The fourth-order valence-corrected chi connectivity index (χ4v) is 8.43.